The van der Waals surface area contributed by atoms with Crippen molar-refractivity contribution in [3.63, 3.8) is 0 Å². The predicted octanol–water partition coefficient (Wildman–Crippen LogP) is 2.37. The third-order valence-corrected chi connectivity index (χ3v) is 6.67. The molecule has 2 amide bonds. The van der Waals surface area contributed by atoms with Crippen molar-refractivity contribution >= 4 is 11.8 Å². The Balaban J connectivity index is 1.34. The van der Waals surface area contributed by atoms with E-state index >= 15 is 0 Å². The minimum atomic E-state index is -3.30. The molecule has 0 unspecified atom stereocenters. The molecule has 2 aromatic carbocycles. The molecule has 1 aliphatic carbocycles. The van der Waals surface area contributed by atoms with Crippen LogP contribution in [-0.4, -0.2) is 88.3 Å². The highest BCUT2D eigenvalue weighted by molar-refractivity contribution is 5.97. The summed E-state index contributed by atoms with van der Waals surface area (Å²) in [5.74, 6) is -1.61. The van der Waals surface area contributed by atoms with E-state index in [-0.39, 0.29) is 22.9 Å². The second-order valence-electron chi connectivity index (χ2n) is 9.56. The third-order valence-electron chi connectivity index (χ3n) is 6.67. The van der Waals surface area contributed by atoms with Crippen LogP contribution in [0.25, 0.3) is 5.69 Å². The van der Waals surface area contributed by atoms with Gasteiger partial charge >= 0.3 is 0 Å². The van der Waals surface area contributed by atoms with E-state index in [1.165, 1.54) is 34.1 Å². The van der Waals surface area contributed by atoms with Gasteiger partial charge in [0.05, 0.1) is 23.6 Å². The van der Waals surface area contributed by atoms with Crippen molar-refractivity contribution in [3.8, 4) is 5.69 Å². The molecule has 1 saturated heterocycles. The molecule has 38 heavy (non-hydrogen) atoms. The van der Waals surface area contributed by atoms with Gasteiger partial charge in [-0.25, -0.2) is 4.68 Å². The number of hydrogen-bond donors (Lipinski definition) is 2. The SMILES string of the molecule is [2H]C1([2H])N(C)C([2H])([2H])C([2H])([2H])N(C(=O)[C@H](CCCN[C@@H]2C[C@H]2c2ccc(C)cc2)NC(=O)c2ccc(-n3ccnn3)cc2)C1([2H])[2H]. The molecular weight excluding hydrogens is 478 g/mol. The summed E-state index contributed by atoms with van der Waals surface area (Å²) in [4.78, 5) is 27.7. The number of aryl methyl sites for hydroxylation is 1. The maximum atomic E-state index is 14.0. The predicted molar refractivity (Wildman–Crippen MR) is 146 cm³/mol. The van der Waals surface area contributed by atoms with Crippen LogP contribution in [0.15, 0.2) is 60.9 Å². The minimum Gasteiger partial charge on any atom is -0.340 e. The number of aromatic nitrogens is 3. The van der Waals surface area contributed by atoms with E-state index in [1.807, 2.05) is 6.92 Å². The van der Waals surface area contributed by atoms with Crippen LogP contribution < -0.4 is 10.6 Å². The zero-order valence-electron chi connectivity index (χ0n) is 29.4. The van der Waals surface area contributed by atoms with Crippen LogP contribution in [0.5, 0.6) is 0 Å². The average molecular weight is 524 g/mol. The van der Waals surface area contributed by atoms with E-state index in [0.717, 1.165) is 13.5 Å². The molecule has 0 radical (unpaired) electrons. The fourth-order valence-electron chi connectivity index (χ4n) is 4.38. The maximum Gasteiger partial charge on any atom is 0.251 e. The van der Waals surface area contributed by atoms with Crippen LogP contribution in [0.1, 0.15) is 57.6 Å². The van der Waals surface area contributed by atoms with Crippen molar-refractivity contribution in [2.75, 3.05) is 39.6 Å². The number of likely N-dealkylation sites (N-methyl/N-ethyl adjacent to an activating group) is 1. The smallest absolute Gasteiger partial charge is 0.251 e. The lowest BCUT2D eigenvalue weighted by Gasteiger charge is -2.34. The van der Waals surface area contributed by atoms with Gasteiger partial charge in [-0.3, -0.25) is 9.59 Å². The molecule has 2 aliphatic rings. The highest BCUT2D eigenvalue weighted by Gasteiger charge is 2.37. The molecule has 1 saturated carbocycles. The molecule has 1 aliphatic heterocycles. The molecule has 200 valence electrons. The molecule has 2 heterocycles. The summed E-state index contributed by atoms with van der Waals surface area (Å²) in [5.41, 5.74) is 3.18. The van der Waals surface area contributed by atoms with E-state index in [9.17, 15) is 9.59 Å². The average Bonchev–Trinajstić information content (AvgIpc) is 3.55. The van der Waals surface area contributed by atoms with Gasteiger partial charge in [-0.1, -0.05) is 35.0 Å². The van der Waals surface area contributed by atoms with Gasteiger partial charge < -0.3 is 20.4 Å². The number of carbonyl (C=O) groups is 2. The number of hydrogen-bond acceptors (Lipinski definition) is 6. The quantitative estimate of drug-likeness (QED) is 0.396. The van der Waals surface area contributed by atoms with Gasteiger partial charge in [-0.2, -0.15) is 0 Å². The number of rotatable bonds is 10. The Hall–Kier alpha value is -3.56. The Morgan fingerprint density at radius 2 is 1.82 bits per heavy atom. The summed E-state index contributed by atoms with van der Waals surface area (Å²) in [6.45, 7) is -10.3. The minimum absolute atomic E-state index is 0.0134. The van der Waals surface area contributed by atoms with Crippen molar-refractivity contribution < 1.29 is 20.6 Å². The molecule has 0 bridgehead atoms. The third kappa shape index (κ3) is 6.46. The zero-order valence-corrected chi connectivity index (χ0v) is 21.4. The van der Waals surface area contributed by atoms with E-state index in [2.05, 4.69) is 45.2 Å². The van der Waals surface area contributed by atoms with Gasteiger partial charge in [-0.05, 0) is 69.6 Å². The van der Waals surface area contributed by atoms with Gasteiger partial charge in [0, 0.05) is 49.0 Å². The number of amides is 2. The van der Waals surface area contributed by atoms with Crippen molar-refractivity contribution in [2.45, 2.75) is 44.2 Å². The van der Waals surface area contributed by atoms with E-state index in [4.69, 9.17) is 11.0 Å². The first-order chi connectivity index (χ1) is 21.5. The summed E-state index contributed by atoms with van der Waals surface area (Å²) >= 11 is 0. The lowest BCUT2D eigenvalue weighted by atomic mass is 10.1. The molecule has 9 heteroatoms. The molecule has 3 atom stereocenters. The topological polar surface area (TPSA) is 95.4 Å². The van der Waals surface area contributed by atoms with Crippen LogP contribution in [-0.2, 0) is 4.79 Å². The Morgan fingerprint density at radius 1 is 1.08 bits per heavy atom. The van der Waals surface area contributed by atoms with E-state index in [0.29, 0.717) is 29.5 Å². The second-order valence-corrected chi connectivity index (χ2v) is 9.56. The summed E-state index contributed by atoms with van der Waals surface area (Å²) in [6.07, 6.45) is 4.36. The van der Waals surface area contributed by atoms with Gasteiger partial charge in [0.25, 0.3) is 5.91 Å². The first-order valence-corrected chi connectivity index (χ1v) is 12.7. The maximum absolute atomic E-state index is 14.0. The summed E-state index contributed by atoms with van der Waals surface area (Å²) in [6, 6.07) is 13.3. The van der Waals surface area contributed by atoms with Crippen molar-refractivity contribution in [2.24, 2.45) is 0 Å². The molecule has 9 nitrogen and oxygen atoms in total. The van der Waals surface area contributed by atoms with Crippen LogP contribution >= 0.6 is 0 Å². The lowest BCUT2D eigenvalue weighted by molar-refractivity contribution is -0.135. The molecular formula is C29H37N7O2. The summed E-state index contributed by atoms with van der Waals surface area (Å²) in [5, 5.41) is 13.7. The molecule has 0 spiro atoms. The summed E-state index contributed by atoms with van der Waals surface area (Å²) in [7, 11) is 0.924. The molecule has 3 aromatic rings. The first-order valence-electron chi connectivity index (χ1n) is 16.7. The first kappa shape index (κ1) is 17.9. The number of piperazine rings is 1. The fourth-order valence-corrected chi connectivity index (χ4v) is 4.38. The highest BCUT2D eigenvalue weighted by Crippen LogP contribution is 2.40. The van der Waals surface area contributed by atoms with Crippen LogP contribution in [0.4, 0.5) is 0 Å². The Labute approximate surface area is 235 Å². The van der Waals surface area contributed by atoms with Crippen LogP contribution in [0.3, 0.4) is 0 Å². The van der Waals surface area contributed by atoms with E-state index in [1.54, 1.807) is 18.3 Å². The standard InChI is InChI=1S/C29H37N7O2/c1-21-5-7-22(8-6-21)25-20-27(25)30-13-3-4-26(29(38)35-18-16-34(2)17-19-35)32-28(37)23-9-11-24(12-10-23)36-15-14-31-33-36/h5-12,14-15,25-27,30H,3-4,13,16-20H2,1-2H3,(H,32,37)/t25-,26-,27+/m0/s1/i16D2,17D2,18D2,19D2. The largest absolute Gasteiger partial charge is 0.340 e. The van der Waals surface area contributed by atoms with Crippen molar-refractivity contribution in [1.29, 1.82) is 0 Å². The van der Waals surface area contributed by atoms with Gasteiger partial charge in [0.1, 0.15) is 6.04 Å². The van der Waals surface area contributed by atoms with Gasteiger partial charge in [-0.15, -0.1) is 5.10 Å². The monoisotopic (exact) mass is 523 g/mol. The van der Waals surface area contributed by atoms with Gasteiger partial charge in [0.15, 0.2) is 0 Å². The number of nitrogens with zero attached hydrogens (tertiary/aromatic N) is 5. The van der Waals surface area contributed by atoms with Gasteiger partial charge in [0.2, 0.25) is 5.91 Å². The van der Waals surface area contributed by atoms with Crippen molar-refractivity contribution in [3.05, 3.63) is 77.6 Å². The van der Waals surface area contributed by atoms with E-state index < -0.39 is 43.8 Å². The van der Waals surface area contributed by atoms with Crippen molar-refractivity contribution in [1.82, 2.24) is 35.4 Å². The number of carbonyl (C=O) groups excluding carboxylic acids is 2. The number of nitrogens with one attached hydrogen (secondary N) is 2. The van der Waals surface area contributed by atoms with Crippen LogP contribution in [0.2, 0.25) is 0 Å². The Kier molecular flexibility index (Phi) is 5.58. The molecule has 1 aromatic heterocycles. The summed E-state index contributed by atoms with van der Waals surface area (Å²) < 4.78 is 68.8. The molecule has 2 N–H and O–H groups in total. The Morgan fingerprint density at radius 3 is 2.50 bits per heavy atom. The zero-order chi connectivity index (χ0) is 33.7. The lowest BCUT2D eigenvalue weighted by Crippen LogP contribution is -2.54. The highest BCUT2D eigenvalue weighted by atomic mass is 16.2. The number of benzene rings is 2. The Bertz CT molecular complexity index is 1520. The normalized spacial score (nSPS) is 28.6. The molecule has 5 rings (SSSR count). The second kappa shape index (κ2) is 11.9. The van der Waals surface area contributed by atoms with Crippen LogP contribution in [0, 0.1) is 6.92 Å². The fraction of sp³-hybridized carbons (Fsp3) is 0.448. The molecule has 2 fully saturated rings.